The second-order valence-electron chi connectivity index (χ2n) is 6.90. The van der Waals surface area contributed by atoms with Gasteiger partial charge in [0, 0.05) is 18.3 Å². The van der Waals surface area contributed by atoms with Crippen LogP contribution in [-0.4, -0.2) is 22.6 Å². The summed E-state index contributed by atoms with van der Waals surface area (Å²) in [5.74, 6) is 1.16. The first-order valence-electron chi connectivity index (χ1n) is 8.13. The third kappa shape index (κ3) is 5.92. The molecule has 0 bridgehead atoms. The van der Waals surface area contributed by atoms with E-state index in [2.05, 4.69) is 15.3 Å². The predicted molar refractivity (Wildman–Crippen MR) is 90.0 cm³/mol. The zero-order chi connectivity index (χ0) is 16.0. The lowest BCUT2D eigenvalue weighted by Crippen LogP contribution is -2.41. The molecule has 0 aromatic carbocycles. The first-order chi connectivity index (χ1) is 10.4. The van der Waals surface area contributed by atoms with E-state index in [4.69, 9.17) is 10.5 Å². The zero-order valence-electron chi connectivity index (χ0n) is 13.9. The van der Waals surface area contributed by atoms with E-state index < -0.39 is 0 Å². The van der Waals surface area contributed by atoms with Crippen molar-refractivity contribution in [1.29, 1.82) is 0 Å². The minimum atomic E-state index is -0.235. The molecule has 0 amide bonds. The summed E-state index contributed by atoms with van der Waals surface area (Å²) in [4.78, 5) is 8.70. The maximum absolute atomic E-state index is 5.96. The number of nitrogens with one attached hydrogen (secondary N) is 1. The quantitative estimate of drug-likeness (QED) is 0.662. The fourth-order valence-corrected chi connectivity index (χ4v) is 2.56. The highest BCUT2D eigenvalue weighted by Gasteiger charge is 2.14. The molecule has 0 aliphatic heterocycles. The van der Waals surface area contributed by atoms with E-state index in [1.54, 1.807) is 6.20 Å². The number of nitrogens with zero attached hydrogens (tertiary/aromatic N) is 2. The first kappa shape index (κ1) is 16.6. The molecule has 2 rings (SSSR count). The van der Waals surface area contributed by atoms with Gasteiger partial charge in [-0.2, -0.15) is 0 Å². The van der Waals surface area contributed by atoms with Gasteiger partial charge in [0.25, 0.3) is 0 Å². The van der Waals surface area contributed by atoms with Gasteiger partial charge in [-0.1, -0.05) is 25.3 Å². The molecule has 122 valence electrons. The van der Waals surface area contributed by atoms with Crippen LogP contribution in [0.25, 0.3) is 0 Å². The van der Waals surface area contributed by atoms with Crippen LogP contribution in [-0.2, 0) is 6.54 Å². The van der Waals surface area contributed by atoms with Crippen molar-refractivity contribution in [3.05, 3.63) is 23.9 Å². The molecule has 1 aromatic heterocycles. The Kier molecular flexibility index (Phi) is 5.63. The Morgan fingerprint density at radius 1 is 1.32 bits per heavy atom. The topological polar surface area (TPSA) is 72.5 Å². The summed E-state index contributed by atoms with van der Waals surface area (Å²) in [6, 6.07) is 4.34. The fraction of sp³-hybridized carbons (Fsp3) is 0.647. The number of aromatic nitrogens is 1. The normalized spacial score (nSPS) is 17.3. The van der Waals surface area contributed by atoms with Crippen molar-refractivity contribution in [3.8, 4) is 5.88 Å². The number of rotatable bonds is 4. The van der Waals surface area contributed by atoms with Gasteiger partial charge in [-0.25, -0.2) is 9.98 Å². The van der Waals surface area contributed by atoms with E-state index in [1.807, 2.05) is 32.9 Å². The average molecular weight is 304 g/mol. The van der Waals surface area contributed by atoms with Gasteiger partial charge < -0.3 is 15.8 Å². The predicted octanol–water partition coefficient (Wildman–Crippen LogP) is 3.00. The molecule has 1 aliphatic carbocycles. The van der Waals surface area contributed by atoms with Crippen LogP contribution >= 0.6 is 0 Å². The van der Waals surface area contributed by atoms with E-state index in [9.17, 15) is 0 Å². The molecule has 1 aliphatic rings. The fourth-order valence-electron chi connectivity index (χ4n) is 2.56. The van der Waals surface area contributed by atoms with Crippen LogP contribution in [0.5, 0.6) is 5.88 Å². The molecular formula is C17H28N4O. The van der Waals surface area contributed by atoms with Crippen LogP contribution in [0.3, 0.4) is 0 Å². The Morgan fingerprint density at radius 3 is 2.64 bits per heavy atom. The number of hydrogen-bond acceptors (Lipinski definition) is 3. The Labute approximate surface area is 133 Å². The largest absolute Gasteiger partial charge is 0.472 e. The Balaban J connectivity index is 1.83. The lowest BCUT2D eigenvalue weighted by atomic mass is 9.96. The highest BCUT2D eigenvalue weighted by molar-refractivity contribution is 5.78. The third-order valence-corrected chi connectivity index (χ3v) is 3.60. The molecule has 1 saturated carbocycles. The maximum atomic E-state index is 5.96. The highest BCUT2D eigenvalue weighted by Crippen LogP contribution is 2.17. The summed E-state index contributed by atoms with van der Waals surface area (Å²) >= 11 is 0. The molecule has 0 radical (unpaired) electrons. The zero-order valence-corrected chi connectivity index (χ0v) is 13.9. The molecule has 1 aromatic rings. The molecule has 0 saturated heterocycles. The van der Waals surface area contributed by atoms with Crippen molar-refractivity contribution < 1.29 is 4.74 Å². The van der Waals surface area contributed by atoms with Crippen LogP contribution in [0.4, 0.5) is 0 Å². The maximum Gasteiger partial charge on any atom is 0.213 e. The van der Waals surface area contributed by atoms with Crippen LogP contribution in [0.1, 0.15) is 58.4 Å². The van der Waals surface area contributed by atoms with Crippen LogP contribution in [0.15, 0.2) is 23.3 Å². The summed E-state index contributed by atoms with van der Waals surface area (Å²) in [5.41, 5.74) is 6.75. The minimum Gasteiger partial charge on any atom is -0.472 e. The Hall–Kier alpha value is -1.78. The summed E-state index contributed by atoms with van der Waals surface area (Å²) in [5, 5.41) is 3.31. The molecule has 5 nitrogen and oxygen atoms in total. The molecular weight excluding hydrogens is 276 g/mol. The lowest BCUT2D eigenvalue weighted by molar-refractivity contribution is 0.124. The molecule has 22 heavy (non-hydrogen) atoms. The van der Waals surface area contributed by atoms with E-state index >= 15 is 0 Å². The lowest BCUT2D eigenvalue weighted by Gasteiger charge is -2.23. The Morgan fingerprint density at radius 2 is 2.05 bits per heavy atom. The number of ether oxygens (including phenoxy) is 1. The molecule has 1 fully saturated rings. The number of pyridine rings is 1. The highest BCUT2D eigenvalue weighted by atomic mass is 16.5. The molecule has 0 atom stereocenters. The van der Waals surface area contributed by atoms with Gasteiger partial charge in [-0.05, 0) is 39.2 Å². The van der Waals surface area contributed by atoms with E-state index in [1.165, 1.54) is 32.1 Å². The van der Waals surface area contributed by atoms with Gasteiger partial charge in [0.2, 0.25) is 5.88 Å². The summed E-state index contributed by atoms with van der Waals surface area (Å²) in [6.07, 6.45) is 8.07. The second kappa shape index (κ2) is 7.47. The number of nitrogens with two attached hydrogens (primary N) is 1. The first-order valence-corrected chi connectivity index (χ1v) is 8.13. The van der Waals surface area contributed by atoms with Gasteiger partial charge in [0.15, 0.2) is 5.96 Å². The SMILES string of the molecule is CC(C)(C)Oc1ccc(CN=C(N)NC2CCCCC2)cn1. The van der Waals surface area contributed by atoms with Gasteiger partial charge in [0.1, 0.15) is 5.60 Å². The van der Waals surface area contributed by atoms with Gasteiger partial charge in [-0.3, -0.25) is 0 Å². The second-order valence-corrected chi connectivity index (χ2v) is 6.90. The summed E-state index contributed by atoms with van der Waals surface area (Å²) in [6.45, 7) is 6.55. The van der Waals surface area contributed by atoms with E-state index in [0.717, 1.165) is 5.56 Å². The van der Waals surface area contributed by atoms with Crippen molar-refractivity contribution in [2.75, 3.05) is 0 Å². The number of aliphatic imine (C=N–C) groups is 1. The minimum absolute atomic E-state index is 0.235. The standard InChI is InChI=1S/C17H28N4O/c1-17(2,3)22-15-10-9-13(11-19-15)12-20-16(18)21-14-7-5-4-6-8-14/h9-11,14H,4-8,12H2,1-3H3,(H3,18,20,21). The van der Waals surface area contributed by atoms with Crippen LogP contribution < -0.4 is 15.8 Å². The Bertz CT molecular complexity index is 484. The van der Waals surface area contributed by atoms with Crippen molar-refractivity contribution >= 4 is 5.96 Å². The van der Waals surface area contributed by atoms with Gasteiger partial charge in [-0.15, -0.1) is 0 Å². The van der Waals surface area contributed by atoms with Crippen molar-refractivity contribution in [2.24, 2.45) is 10.7 Å². The summed E-state index contributed by atoms with van der Waals surface area (Å²) in [7, 11) is 0. The van der Waals surface area contributed by atoms with Crippen molar-refractivity contribution in [2.45, 2.75) is 71.1 Å². The third-order valence-electron chi connectivity index (χ3n) is 3.60. The average Bonchev–Trinajstić information content (AvgIpc) is 2.46. The van der Waals surface area contributed by atoms with E-state index in [0.29, 0.717) is 24.4 Å². The smallest absolute Gasteiger partial charge is 0.213 e. The molecule has 1 heterocycles. The van der Waals surface area contributed by atoms with Crippen LogP contribution in [0.2, 0.25) is 0 Å². The molecule has 3 N–H and O–H groups in total. The molecule has 0 unspecified atom stereocenters. The molecule has 5 heteroatoms. The number of hydrogen-bond donors (Lipinski definition) is 2. The summed E-state index contributed by atoms with van der Waals surface area (Å²) < 4.78 is 5.70. The van der Waals surface area contributed by atoms with Crippen LogP contribution in [0, 0.1) is 0 Å². The van der Waals surface area contributed by atoms with E-state index in [-0.39, 0.29) is 5.60 Å². The molecule has 0 spiro atoms. The number of guanidine groups is 1. The van der Waals surface area contributed by atoms with Crippen molar-refractivity contribution in [1.82, 2.24) is 10.3 Å². The monoisotopic (exact) mass is 304 g/mol. The van der Waals surface area contributed by atoms with Crippen molar-refractivity contribution in [3.63, 3.8) is 0 Å². The van der Waals surface area contributed by atoms with Gasteiger partial charge >= 0.3 is 0 Å². The van der Waals surface area contributed by atoms with Gasteiger partial charge in [0.05, 0.1) is 6.54 Å².